The lowest BCUT2D eigenvalue weighted by Crippen LogP contribution is -2.38. The van der Waals surface area contributed by atoms with Crippen molar-refractivity contribution in [2.24, 2.45) is 0 Å². The lowest BCUT2D eigenvalue weighted by Gasteiger charge is -2.15. The third-order valence-electron chi connectivity index (χ3n) is 5.75. The number of aromatic nitrogens is 2. The number of H-pyrrole nitrogens is 1. The summed E-state index contributed by atoms with van der Waals surface area (Å²) in [6.45, 7) is -0.0147. The summed E-state index contributed by atoms with van der Waals surface area (Å²) in [5.74, 6) is -1.34. The molecule has 1 aliphatic carbocycles. The van der Waals surface area contributed by atoms with Gasteiger partial charge in [-0.3, -0.25) is 9.36 Å². The Hall–Kier alpha value is -4.19. The first-order valence-electron chi connectivity index (χ1n) is 9.87. The molecule has 0 unspecified atom stereocenters. The highest BCUT2D eigenvalue weighted by Crippen LogP contribution is 2.46. The van der Waals surface area contributed by atoms with Gasteiger partial charge in [0.25, 0.3) is 5.56 Å². The molecule has 1 aromatic heterocycles. The Labute approximate surface area is 177 Å². The SMILES string of the molecule is O=C(O)c1cccc(Cn2c(=O)[nH]cc(C3c4ccccc4-c4ccccc43)c2=O)c1. The van der Waals surface area contributed by atoms with Crippen molar-refractivity contribution in [2.45, 2.75) is 12.5 Å². The number of fused-ring (bicyclic) bond motifs is 3. The smallest absolute Gasteiger partial charge is 0.335 e. The van der Waals surface area contributed by atoms with Crippen molar-refractivity contribution in [3.63, 3.8) is 0 Å². The molecule has 0 saturated carbocycles. The number of carbonyl (C=O) groups is 1. The molecule has 31 heavy (non-hydrogen) atoms. The molecule has 152 valence electrons. The van der Waals surface area contributed by atoms with Crippen LogP contribution in [-0.4, -0.2) is 20.6 Å². The Morgan fingerprint density at radius 2 is 1.52 bits per heavy atom. The first kappa shape index (κ1) is 18.8. The average Bonchev–Trinajstić information content (AvgIpc) is 3.11. The molecule has 0 radical (unpaired) electrons. The fraction of sp³-hybridized carbons (Fsp3) is 0.0800. The van der Waals surface area contributed by atoms with Crippen molar-refractivity contribution in [1.29, 1.82) is 0 Å². The molecule has 0 amide bonds. The Morgan fingerprint density at radius 1 is 0.871 bits per heavy atom. The van der Waals surface area contributed by atoms with E-state index in [9.17, 15) is 19.5 Å². The zero-order chi connectivity index (χ0) is 21.5. The van der Waals surface area contributed by atoms with Gasteiger partial charge in [-0.15, -0.1) is 0 Å². The zero-order valence-corrected chi connectivity index (χ0v) is 16.4. The van der Waals surface area contributed by atoms with E-state index >= 15 is 0 Å². The van der Waals surface area contributed by atoms with Gasteiger partial charge in [0.2, 0.25) is 0 Å². The molecule has 0 fully saturated rings. The normalized spacial score (nSPS) is 12.4. The van der Waals surface area contributed by atoms with E-state index in [-0.39, 0.29) is 23.6 Å². The van der Waals surface area contributed by atoms with Crippen molar-refractivity contribution < 1.29 is 9.90 Å². The lowest BCUT2D eigenvalue weighted by atomic mass is 9.91. The van der Waals surface area contributed by atoms with E-state index < -0.39 is 11.7 Å². The minimum absolute atomic E-state index is 0.0147. The second kappa shape index (κ2) is 7.25. The van der Waals surface area contributed by atoms with Crippen molar-refractivity contribution in [3.8, 4) is 11.1 Å². The Bertz CT molecular complexity index is 1400. The maximum atomic E-state index is 13.4. The molecule has 1 aliphatic rings. The van der Waals surface area contributed by atoms with Gasteiger partial charge in [0.1, 0.15) is 0 Å². The molecule has 0 bridgehead atoms. The first-order chi connectivity index (χ1) is 15.0. The molecule has 0 atom stereocenters. The molecule has 6 nitrogen and oxygen atoms in total. The van der Waals surface area contributed by atoms with Crippen LogP contribution in [0.3, 0.4) is 0 Å². The molecule has 3 aromatic carbocycles. The summed E-state index contributed by atoms with van der Waals surface area (Å²) in [6.07, 6.45) is 1.50. The van der Waals surface area contributed by atoms with Gasteiger partial charge in [-0.25, -0.2) is 9.59 Å². The van der Waals surface area contributed by atoms with E-state index in [0.29, 0.717) is 11.1 Å². The van der Waals surface area contributed by atoms with Gasteiger partial charge >= 0.3 is 11.7 Å². The van der Waals surface area contributed by atoms with Crippen molar-refractivity contribution >= 4 is 5.97 Å². The summed E-state index contributed by atoms with van der Waals surface area (Å²) in [6, 6.07) is 22.2. The summed E-state index contributed by atoms with van der Waals surface area (Å²) in [7, 11) is 0. The number of carboxylic acid groups (broad SMARTS) is 1. The predicted molar refractivity (Wildman–Crippen MR) is 117 cm³/mol. The summed E-state index contributed by atoms with van der Waals surface area (Å²) in [4.78, 5) is 39.9. The van der Waals surface area contributed by atoms with Gasteiger partial charge in [-0.1, -0.05) is 60.7 Å². The third-order valence-corrected chi connectivity index (χ3v) is 5.75. The third kappa shape index (κ3) is 3.09. The summed E-state index contributed by atoms with van der Waals surface area (Å²) >= 11 is 0. The van der Waals surface area contributed by atoms with Crippen LogP contribution in [0.15, 0.2) is 88.6 Å². The van der Waals surface area contributed by atoms with E-state index in [1.807, 2.05) is 48.5 Å². The van der Waals surface area contributed by atoms with Crippen LogP contribution < -0.4 is 11.2 Å². The molecule has 5 rings (SSSR count). The Kier molecular flexibility index (Phi) is 4.40. The largest absolute Gasteiger partial charge is 0.478 e. The molecular weight excluding hydrogens is 392 g/mol. The number of aromatic carboxylic acids is 1. The summed E-state index contributed by atoms with van der Waals surface area (Å²) in [5.41, 5.74) is 4.43. The van der Waals surface area contributed by atoms with Gasteiger partial charge in [0.05, 0.1) is 12.1 Å². The van der Waals surface area contributed by atoms with Crippen molar-refractivity contribution in [3.05, 3.63) is 128 Å². The Balaban J connectivity index is 1.65. The Morgan fingerprint density at radius 3 is 2.16 bits per heavy atom. The van der Waals surface area contributed by atoms with Gasteiger partial charge in [0, 0.05) is 17.7 Å². The quantitative estimate of drug-likeness (QED) is 0.475. The number of carboxylic acids is 1. The summed E-state index contributed by atoms with van der Waals surface area (Å²) in [5, 5.41) is 9.22. The van der Waals surface area contributed by atoms with E-state index in [1.54, 1.807) is 12.1 Å². The van der Waals surface area contributed by atoms with Crippen LogP contribution in [-0.2, 0) is 6.54 Å². The van der Waals surface area contributed by atoms with Gasteiger partial charge < -0.3 is 10.1 Å². The number of rotatable bonds is 4. The highest BCUT2D eigenvalue weighted by Gasteiger charge is 2.31. The van der Waals surface area contributed by atoms with Crippen LogP contribution in [0.25, 0.3) is 11.1 Å². The highest BCUT2D eigenvalue weighted by molar-refractivity contribution is 5.87. The first-order valence-corrected chi connectivity index (χ1v) is 9.87. The molecule has 0 spiro atoms. The van der Waals surface area contributed by atoms with Crippen LogP contribution in [0.1, 0.15) is 38.5 Å². The van der Waals surface area contributed by atoms with E-state index in [0.717, 1.165) is 26.8 Å². The van der Waals surface area contributed by atoms with Crippen LogP contribution >= 0.6 is 0 Å². The minimum atomic E-state index is -1.06. The molecule has 4 aromatic rings. The second-order valence-electron chi connectivity index (χ2n) is 7.55. The van der Waals surface area contributed by atoms with Crippen LogP contribution in [0, 0.1) is 0 Å². The highest BCUT2D eigenvalue weighted by atomic mass is 16.4. The fourth-order valence-corrected chi connectivity index (χ4v) is 4.35. The molecular formula is C25H18N2O4. The molecule has 6 heteroatoms. The predicted octanol–water partition coefficient (Wildman–Crippen LogP) is 3.44. The second-order valence-corrected chi connectivity index (χ2v) is 7.55. The molecule has 1 heterocycles. The van der Waals surface area contributed by atoms with Gasteiger partial charge in [-0.2, -0.15) is 0 Å². The monoisotopic (exact) mass is 410 g/mol. The number of hydrogen-bond donors (Lipinski definition) is 2. The number of nitrogens with one attached hydrogen (secondary N) is 1. The molecule has 0 aliphatic heterocycles. The lowest BCUT2D eigenvalue weighted by molar-refractivity contribution is 0.0696. The maximum absolute atomic E-state index is 13.4. The van der Waals surface area contributed by atoms with Crippen molar-refractivity contribution in [2.75, 3.05) is 0 Å². The molecule has 2 N–H and O–H groups in total. The fourth-order valence-electron chi connectivity index (χ4n) is 4.35. The van der Waals surface area contributed by atoms with Crippen LogP contribution in [0.2, 0.25) is 0 Å². The maximum Gasteiger partial charge on any atom is 0.335 e. The number of aromatic amines is 1. The topological polar surface area (TPSA) is 92.2 Å². The number of hydrogen-bond acceptors (Lipinski definition) is 3. The minimum Gasteiger partial charge on any atom is -0.478 e. The summed E-state index contributed by atoms with van der Waals surface area (Å²) < 4.78 is 1.12. The van der Waals surface area contributed by atoms with Crippen LogP contribution in [0.5, 0.6) is 0 Å². The standard InChI is InChI=1S/C25H18N2O4/c28-23-21(22-19-10-3-1-8-17(19)18-9-2-4-11-20(18)22)13-26-25(31)27(23)14-15-6-5-7-16(12-15)24(29)30/h1-13,22H,14H2,(H,26,31)(H,29,30). The average molecular weight is 410 g/mol. The van der Waals surface area contributed by atoms with Gasteiger partial charge in [-0.05, 0) is 39.9 Å². The molecule has 0 saturated heterocycles. The van der Waals surface area contributed by atoms with Crippen LogP contribution in [0.4, 0.5) is 0 Å². The number of benzene rings is 3. The zero-order valence-electron chi connectivity index (χ0n) is 16.4. The van der Waals surface area contributed by atoms with Crippen molar-refractivity contribution in [1.82, 2.24) is 9.55 Å². The van der Waals surface area contributed by atoms with E-state index in [2.05, 4.69) is 4.98 Å². The number of nitrogens with zero attached hydrogens (tertiary/aromatic N) is 1. The van der Waals surface area contributed by atoms with E-state index in [4.69, 9.17) is 0 Å². The van der Waals surface area contributed by atoms with Gasteiger partial charge in [0.15, 0.2) is 0 Å². The van der Waals surface area contributed by atoms with E-state index in [1.165, 1.54) is 18.3 Å².